The highest BCUT2D eigenvalue weighted by Gasteiger charge is 2.05. The van der Waals surface area contributed by atoms with Crippen molar-refractivity contribution in [2.24, 2.45) is 0 Å². The Balaban J connectivity index is 2.42. The van der Waals surface area contributed by atoms with E-state index in [9.17, 15) is 4.39 Å². The minimum atomic E-state index is -0.189. The van der Waals surface area contributed by atoms with Crippen LogP contribution in [-0.2, 0) is 6.42 Å². The van der Waals surface area contributed by atoms with E-state index in [-0.39, 0.29) is 5.82 Å². The van der Waals surface area contributed by atoms with Crippen molar-refractivity contribution in [1.29, 1.82) is 0 Å². The van der Waals surface area contributed by atoms with Gasteiger partial charge in [0.05, 0.1) is 0 Å². The maximum atomic E-state index is 13.7. The third-order valence-corrected chi connectivity index (χ3v) is 2.62. The SMILES string of the molecule is CCc1ccc(-c2ccc(C)cc2F)cn1. The summed E-state index contributed by atoms with van der Waals surface area (Å²) >= 11 is 0. The molecule has 0 spiro atoms. The van der Waals surface area contributed by atoms with Crippen molar-refractivity contribution in [3.63, 3.8) is 0 Å². The van der Waals surface area contributed by atoms with Crippen LogP contribution in [0.3, 0.4) is 0 Å². The first-order chi connectivity index (χ1) is 7.70. The lowest BCUT2D eigenvalue weighted by Crippen LogP contribution is -1.89. The molecule has 0 saturated carbocycles. The Labute approximate surface area is 95.0 Å². The van der Waals surface area contributed by atoms with Crippen LogP contribution in [0.5, 0.6) is 0 Å². The third kappa shape index (κ3) is 2.11. The van der Waals surface area contributed by atoms with Crippen LogP contribution in [0, 0.1) is 12.7 Å². The molecule has 0 N–H and O–H groups in total. The largest absolute Gasteiger partial charge is 0.261 e. The number of halogens is 1. The molecule has 0 bridgehead atoms. The molecule has 1 aromatic carbocycles. The predicted molar refractivity (Wildman–Crippen MR) is 63.7 cm³/mol. The summed E-state index contributed by atoms with van der Waals surface area (Å²) in [6.07, 6.45) is 2.63. The van der Waals surface area contributed by atoms with Gasteiger partial charge in [-0.05, 0) is 31.0 Å². The molecule has 2 rings (SSSR count). The van der Waals surface area contributed by atoms with Gasteiger partial charge in [-0.15, -0.1) is 0 Å². The van der Waals surface area contributed by atoms with Gasteiger partial charge in [0.15, 0.2) is 0 Å². The van der Waals surface area contributed by atoms with Crippen molar-refractivity contribution in [1.82, 2.24) is 4.98 Å². The second kappa shape index (κ2) is 4.44. The van der Waals surface area contributed by atoms with Gasteiger partial charge in [0.2, 0.25) is 0 Å². The zero-order valence-corrected chi connectivity index (χ0v) is 9.50. The number of pyridine rings is 1. The van der Waals surface area contributed by atoms with Crippen molar-refractivity contribution >= 4 is 0 Å². The standard InChI is InChI=1S/C14H14FN/c1-3-12-6-5-11(9-16-12)13-7-4-10(2)8-14(13)15/h4-9H,3H2,1-2H3. The van der Waals surface area contributed by atoms with Gasteiger partial charge in [-0.25, -0.2) is 4.39 Å². The maximum Gasteiger partial charge on any atom is 0.131 e. The Morgan fingerprint density at radius 1 is 1.19 bits per heavy atom. The van der Waals surface area contributed by atoms with Crippen LogP contribution in [0.15, 0.2) is 36.5 Å². The van der Waals surface area contributed by atoms with Gasteiger partial charge in [-0.3, -0.25) is 4.98 Å². The van der Waals surface area contributed by atoms with E-state index >= 15 is 0 Å². The second-order valence-corrected chi connectivity index (χ2v) is 3.88. The number of aromatic nitrogens is 1. The molecule has 2 aromatic rings. The zero-order chi connectivity index (χ0) is 11.5. The third-order valence-electron chi connectivity index (χ3n) is 2.62. The number of hydrogen-bond acceptors (Lipinski definition) is 1. The molecule has 0 aliphatic carbocycles. The number of aryl methyl sites for hydroxylation is 2. The summed E-state index contributed by atoms with van der Waals surface area (Å²) < 4.78 is 13.7. The number of nitrogens with zero attached hydrogens (tertiary/aromatic N) is 1. The molecule has 2 heteroatoms. The molecule has 0 radical (unpaired) electrons. The smallest absolute Gasteiger partial charge is 0.131 e. The molecule has 16 heavy (non-hydrogen) atoms. The molecule has 0 aliphatic heterocycles. The minimum absolute atomic E-state index is 0.189. The lowest BCUT2D eigenvalue weighted by atomic mass is 10.0. The first-order valence-electron chi connectivity index (χ1n) is 5.42. The summed E-state index contributed by atoms with van der Waals surface area (Å²) in [5, 5.41) is 0. The van der Waals surface area contributed by atoms with Gasteiger partial charge in [-0.1, -0.05) is 25.1 Å². The Kier molecular flexibility index (Phi) is 3.00. The molecule has 0 aliphatic rings. The normalized spacial score (nSPS) is 10.4. The van der Waals surface area contributed by atoms with E-state index in [0.717, 1.165) is 23.2 Å². The van der Waals surface area contributed by atoms with Gasteiger partial charge in [0.1, 0.15) is 5.82 Å². The fraction of sp³-hybridized carbons (Fsp3) is 0.214. The van der Waals surface area contributed by atoms with Crippen molar-refractivity contribution in [3.8, 4) is 11.1 Å². The maximum absolute atomic E-state index is 13.7. The van der Waals surface area contributed by atoms with E-state index in [2.05, 4.69) is 11.9 Å². The van der Waals surface area contributed by atoms with Crippen LogP contribution in [0.2, 0.25) is 0 Å². The topological polar surface area (TPSA) is 12.9 Å². The van der Waals surface area contributed by atoms with Gasteiger partial charge < -0.3 is 0 Å². The van der Waals surface area contributed by atoms with Crippen LogP contribution in [0.1, 0.15) is 18.2 Å². The Morgan fingerprint density at radius 2 is 2.00 bits per heavy atom. The van der Waals surface area contributed by atoms with Crippen LogP contribution < -0.4 is 0 Å². The van der Waals surface area contributed by atoms with Crippen molar-refractivity contribution in [3.05, 3.63) is 53.6 Å². The summed E-state index contributed by atoms with van der Waals surface area (Å²) in [6.45, 7) is 3.93. The summed E-state index contributed by atoms with van der Waals surface area (Å²) in [5.41, 5.74) is 3.39. The molecule has 0 fully saturated rings. The highest BCUT2D eigenvalue weighted by atomic mass is 19.1. The first kappa shape index (κ1) is 10.8. The fourth-order valence-electron chi connectivity index (χ4n) is 1.65. The molecule has 1 heterocycles. The van der Waals surface area contributed by atoms with E-state index < -0.39 is 0 Å². The Hall–Kier alpha value is -1.70. The number of rotatable bonds is 2. The Morgan fingerprint density at radius 3 is 2.56 bits per heavy atom. The first-order valence-corrected chi connectivity index (χ1v) is 5.42. The summed E-state index contributed by atoms with van der Waals surface area (Å²) in [5.74, 6) is -0.189. The van der Waals surface area contributed by atoms with Gasteiger partial charge in [0, 0.05) is 23.0 Å². The molecule has 0 unspecified atom stereocenters. The van der Waals surface area contributed by atoms with Gasteiger partial charge >= 0.3 is 0 Å². The van der Waals surface area contributed by atoms with Crippen LogP contribution in [-0.4, -0.2) is 4.98 Å². The minimum Gasteiger partial charge on any atom is -0.261 e. The average molecular weight is 215 g/mol. The molecule has 82 valence electrons. The highest BCUT2D eigenvalue weighted by molar-refractivity contribution is 5.63. The lowest BCUT2D eigenvalue weighted by molar-refractivity contribution is 0.630. The zero-order valence-electron chi connectivity index (χ0n) is 9.50. The quantitative estimate of drug-likeness (QED) is 0.743. The number of benzene rings is 1. The van der Waals surface area contributed by atoms with Crippen LogP contribution in [0.4, 0.5) is 4.39 Å². The van der Waals surface area contributed by atoms with E-state index in [4.69, 9.17) is 0 Å². The summed E-state index contributed by atoms with van der Waals surface area (Å²) in [7, 11) is 0. The molecule has 1 nitrogen and oxygen atoms in total. The van der Waals surface area contributed by atoms with Crippen molar-refractivity contribution in [2.75, 3.05) is 0 Å². The lowest BCUT2D eigenvalue weighted by Gasteiger charge is -2.04. The second-order valence-electron chi connectivity index (χ2n) is 3.88. The molecule has 0 amide bonds. The van der Waals surface area contributed by atoms with Crippen molar-refractivity contribution < 1.29 is 4.39 Å². The highest BCUT2D eigenvalue weighted by Crippen LogP contribution is 2.22. The summed E-state index contributed by atoms with van der Waals surface area (Å²) in [6, 6.07) is 9.11. The van der Waals surface area contributed by atoms with E-state index in [1.165, 1.54) is 0 Å². The van der Waals surface area contributed by atoms with E-state index in [0.29, 0.717) is 5.56 Å². The van der Waals surface area contributed by atoms with Crippen LogP contribution >= 0.6 is 0 Å². The van der Waals surface area contributed by atoms with E-state index in [1.54, 1.807) is 18.3 Å². The average Bonchev–Trinajstić information content (AvgIpc) is 2.29. The molecule has 0 atom stereocenters. The van der Waals surface area contributed by atoms with E-state index in [1.807, 2.05) is 25.1 Å². The molecule has 0 saturated heterocycles. The molecular formula is C14H14FN. The monoisotopic (exact) mass is 215 g/mol. The predicted octanol–water partition coefficient (Wildman–Crippen LogP) is 3.76. The number of hydrogen-bond donors (Lipinski definition) is 0. The van der Waals surface area contributed by atoms with Gasteiger partial charge in [0.25, 0.3) is 0 Å². The van der Waals surface area contributed by atoms with Crippen molar-refractivity contribution in [2.45, 2.75) is 20.3 Å². The van der Waals surface area contributed by atoms with Gasteiger partial charge in [-0.2, -0.15) is 0 Å². The molecule has 1 aromatic heterocycles. The van der Waals surface area contributed by atoms with Crippen LogP contribution in [0.25, 0.3) is 11.1 Å². The Bertz CT molecular complexity index is 489. The molecular weight excluding hydrogens is 201 g/mol. The summed E-state index contributed by atoms with van der Waals surface area (Å²) in [4.78, 5) is 4.27. The fourth-order valence-corrected chi connectivity index (χ4v) is 1.65.